The van der Waals surface area contributed by atoms with Crippen LogP contribution in [0, 0.1) is 0 Å². The first kappa shape index (κ1) is 11.4. The Morgan fingerprint density at radius 2 is 2.00 bits per heavy atom. The van der Waals surface area contributed by atoms with Crippen molar-refractivity contribution in [1.82, 2.24) is 9.66 Å². The van der Waals surface area contributed by atoms with E-state index in [1.54, 1.807) is 23.1 Å². The zero-order valence-corrected chi connectivity index (χ0v) is 10.2. The van der Waals surface area contributed by atoms with Crippen molar-refractivity contribution in [2.75, 3.05) is 11.2 Å². The first-order valence-corrected chi connectivity index (χ1v) is 5.97. The lowest BCUT2D eigenvalue weighted by molar-refractivity contribution is 0.478. The molecule has 0 bridgehead atoms. The minimum atomic E-state index is 0.0655. The summed E-state index contributed by atoms with van der Waals surface area (Å²) in [5.74, 6) is 0.0655. The average Bonchev–Trinajstić information content (AvgIpc) is 2.80. The zero-order chi connectivity index (χ0) is 13.2. The fourth-order valence-electron chi connectivity index (χ4n) is 1.96. The standard InChI is InChI=1S/C14H14N4O/c15-11-6-12-13(7-14(11)19)18(9-16-12)17-8-10-4-2-1-3-5-10/h1-7,9,17,19H,8,15H2. The summed E-state index contributed by atoms with van der Waals surface area (Å²) < 4.78 is 1.78. The van der Waals surface area contributed by atoms with Crippen LogP contribution >= 0.6 is 0 Å². The molecule has 5 nitrogen and oxygen atoms in total. The fourth-order valence-corrected chi connectivity index (χ4v) is 1.96. The molecule has 0 saturated heterocycles. The Labute approximate surface area is 110 Å². The Morgan fingerprint density at radius 3 is 2.79 bits per heavy atom. The summed E-state index contributed by atoms with van der Waals surface area (Å²) in [6.45, 7) is 0.678. The number of aromatic hydroxyl groups is 1. The van der Waals surface area contributed by atoms with Gasteiger partial charge in [-0.25, -0.2) is 9.66 Å². The number of nitrogens with one attached hydrogen (secondary N) is 1. The van der Waals surface area contributed by atoms with Crippen molar-refractivity contribution >= 4 is 16.7 Å². The van der Waals surface area contributed by atoms with Gasteiger partial charge in [0.05, 0.1) is 23.3 Å². The van der Waals surface area contributed by atoms with E-state index in [0.29, 0.717) is 12.2 Å². The van der Waals surface area contributed by atoms with Gasteiger partial charge in [0.1, 0.15) is 12.1 Å². The van der Waals surface area contributed by atoms with Crippen molar-refractivity contribution < 1.29 is 5.11 Å². The number of fused-ring (bicyclic) bond motifs is 1. The molecule has 3 aromatic rings. The summed E-state index contributed by atoms with van der Waals surface area (Å²) in [4.78, 5) is 4.24. The van der Waals surface area contributed by atoms with Crippen LogP contribution in [0.1, 0.15) is 5.56 Å². The highest BCUT2D eigenvalue weighted by molar-refractivity contribution is 5.82. The normalized spacial score (nSPS) is 10.7. The molecule has 0 radical (unpaired) electrons. The Bertz CT molecular complexity index is 706. The molecule has 96 valence electrons. The van der Waals surface area contributed by atoms with E-state index in [4.69, 9.17) is 5.73 Å². The third kappa shape index (κ3) is 2.18. The van der Waals surface area contributed by atoms with Gasteiger partial charge in [-0.2, -0.15) is 0 Å². The van der Waals surface area contributed by atoms with Crippen molar-refractivity contribution in [3.8, 4) is 5.75 Å². The number of aromatic nitrogens is 2. The van der Waals surface area contributed by atoms with Crippen LogP contribution in [-0.2, 0) is 6.54 Å². The number of nitrogen functional groups attached to an aromatic ring is 1. The molecular formula is C14H14N4O. The lowest BCUT2D eigenvalue weighted by atomic mass is 10.2. The SMILES string of the molecule is Nc1cc2ncn(NCc3ccccc3)c2cc1O. The molecule has 3 rings (SSSR count). The molecule has 2 aromatic carbocycles. The van der Waals surface area contributed by atoms with Crippen molar-refractivity contribution in [2.45, 2.75) is 6.54 Å². The number of hydrogen-bond donors (Lipinski definition) is 3. The predicted molar refractivity (Wildman–Crippen MR) is 75.3 cm³/mol. The summed E-state index contributed by atoms with van der Waals surface area (Å²) in [5.41, 5.74) is 11.9. The highest BCUT2D eigenvalue weighted by atomic mass is 16.3. The number of phenols is 1. The molecule has 0 spiro atoms. The molecule has 0 amide bonds. The van der Waals surface area contributed by atoms with Crippen LogP contribution in [0.2, 0.25) is 0 Å². The van der Waals surface area contributed by atoms with Crippen LogP contribution in [0.15, 0.2) is 48.8 Å². The van der Waals surface area contributed by atoms with E-state index in [-0.39, 0.29) is 5.75 Å². The second-order valence-electron chi connectivity index (χ2n) is 4.33. The van der Waals surface area contributed by atoms with Crippen molar-refractivity contribution in [3.63, 3.8) is 0 Å². The van der Waals surface area contributed by atoms with Gasteiger partial charge in [-0.3, -0.25) is 0 Å². The second-order valence-corrected chi connectivity index (χ2v) is 4.33. The maximum absolute atomic E-state index is 9.65. The van der Waals surface area contributed by atoms with Crippen molar-refractivity contribution in [2.24, 2.45) is 0 Å². The Balaban J connectivity index is 1.87. The summed E-state index contributed by atoms with van der Waals surface area (Å²) >= 11 is 0. The maximum Gasteiger partial charge on any atom is 0.140 e. The minimum Gasteiger partial charge on any atom is -0.506 e. The molecule has 1 aromatic heterocycles. The van der Waals surface area contributed by atoms with Crippen LogP contribution in [0.5, 0.6) is 5.75 Å². The minimum absolute atomic E-state index is 0.0655. The van der Waals surface area contributed by atoms with Gasteiger partial charge in [-0.15, -0.1) is 0 Å². The third-order valence-electron chi connectivity index (χ3n) is 2.99. The first-order valence-electron chi connectivity index (χ1n) is 5.97. The molecule has 5 heteroatoms. The van der Waals surface area contributed by atoms with Gasteiger partial charge in [-0.1, -0.05) is 30.3 Å². The van der Waals surface area contributed by atoms with Gasteiger partial charge in [0.25, 0.3) is 0 Å². The Morgan fingerprint density at radius 1 is 1.21 bits per heavy atom. The molecule has 0 saturated carbocycles. The van der Waals surface area contributed by atoms with Gasteiger partial charge in [0.15, 0.2) is 0 Å². The predicted octanol–water partition coefficient (Wildman–Crippen LogP) is 2.07. The molecule has 19 heavy (non-hydrogen) atoms. The molecule has 0 fully saturated rings. The highest BCUT2D eigenvalue weighted by Crippen LogP contribution is 2.25. The van der Waals surface area contributed by atoms with Gasteiger partial charge in [0.2, 0.25) is 0 Å². The topological polar surface area (TPSA) is 76.1 Å². The number of imidazole rings is 1. The van der Waals surface area contributed by atoms with E-state index in [1.807, 2.05) is 30.3 Å². The molecule has 0 aliphatic rings. The molecule has 0 aliphatic heterocycles. The maximum atomic E-state index is 9.65. The quantitative estimate of drug-likeness (QED) is 0.494. The van der Waals surface area contributed by atoms with E-state index >= 15 is 0 Å². The molecule has 0 unspecified atom stereocenters. The van der Waals surface area contributed by atoms with E-state index in [0.717, 1.165) is 11.0 Å². The van der Waals surface area contributed by atoms with E-state index < -0.39 is 0 Å². The van der Waals surface area contributed by atoms with Gasteiger partial charge >= 0.3 is 0 Å². The summed E-state index contributed by atoms with van der Waals surface area (Å²) in [7, 11) is 0. The monoisotopic (exact) mass is 254 g/mol. The van der Waals surface area contributed by atoms with E-state index in [2.05, 4.69) is 10.4 Å². The second kappa shape index (κ2) is 4.53. The van der Waals surface area contributed by atoms with Gasteiger partial charge < -0.3 is 16.3 Å². The number of rotatable bonds is 3. The van der Waals surface area contributed by atoms with Crippen LogP contribution < -0.4 is 11.2 Å². The fraction of sp³-hybridized carbons (Fsp3) is 0.0714. The van der Waals surface area contributed by atoms with Crippen LogP contribution in [0.4, 0.5) is 5.69 Å². The third-order valence-corrected chi connectivity index (χ3v) is 2.99. The molecular weight excluding hydrogens is 240 g/mol. The number of hydrogen-bond acceptors (Lipinski definition) is 4. The number of anilines is 1. The number of benzene rings is 2. The van der Waals surface area contributed by atoms with Crippen molar-refractivity contribution in [3.05, 3.63) is 54.4 Å². The summed E-state index contributed by atoms with van der Waals surface area (Å²) in [5, 5.41) is 9.65. The Kier molecular flexibility index (Phi) is 2.72. The number of phenolic OH excluding ortho intramolecular Hbond substituents is 1. The summed E-state index contributed by atoms with van der Waals surface area (Å²) in [6, 6.07) is 13.3. The largest absolute Gasteiger partial charge is 0.506 e. The number of nitrogens with two attached hydrogens (primary N) is 1. The Hall–Kier alpha value is -2.69. The first-order chi connectivity index (χ1) is 9.24. The van der Waals surface area contributed by atoms with Crippen LogP contribution in [0.25, 0.3) is 11.0 Å². The lowest BCUT2D eigenvalue weighted by Crippen LogP contribution is -2.12. The lowest BCUT2D eigenvalue weighted by Gasteiger charge is -2.08. The summed E-state index contributed by atoms with van der Waals surface area (Å²) in [6.07, 6.45) is 1.67. The van der Waals surface area contributed by atoms with E-state index in [9.17, 15) is 5.11 Å². The van der Waals surface area contributed by atoms with Gasteiger partial charge in [0, 0.05) is 6.07 Å². The van der Waals surface area contributed by atoms with Crippen LogP contribution in [-0.4, -0.2) is 14.8 Å². The molecule has 0 atom stereocenters. The smallest absolute Gasteiger partial charge is 0.140 e. The average molecular weight is 254 g/mol. The molecule has 0 aliphatic carbocycles. The molecule has 1 heterocycles. The highest BCUT2D eigenvalue weighted by Gasteiger charge is 2.06. The van der Waals surface area contributed by atoms with Crippen LogP contribution in [0.3, 0.4) is 0 Å². The molecule has 4 N–H and O–H groups in total. The number of nitrogens with zero attached hydrogens (tertiary/aromatic N) is 2. The zero-order valence-electron chi connectivity index (χ0n) is 10.2. The van der Waals surface area contributed by atoms with Gasteiger partial charge in [-0.05, 0) is 11.6 Å². The van der Waals surface area contributed by atoms with Crippen molar-refractivity contribution in [1.29, 1.82) is 0 Å². The van der Waals surface area contributed by atoms with E-state index in [1.165, 1.54) is 5.56 Å².